The van der Waals surface area contributed by atoms with Gasteiger partial charge in [0.1, 0.15) is 0 Å². The average molecular weight is 231 g/mol. The van der Waals surface area contributed by atoms with Crippen LogP contribution in [0.25, 0.3) is 0 Å². The van der Waals surface area contributed by atoms with Crippen molar-refractivity contribution in [1.29, 1.82) is 0 Å². The lowest BCUT2D eigenvalue weighted by Gasteiger charge is -1.94. The van der Waals surface area contributed by atoms with Gasteiger partial charge in [-0.25, -0.2) is 0 Å². The molecule has 0 aliphatic rings. The summed E-state index contributed by atoms with van der Waals surface area (Å²) in [5, 5.41) is 17.9. The molecule has 0 saturated carbocycles. The fraction of sp³-hybridized carbons (Fsp3) is 1.00. The Balaban J connectivity index is -0.0000000162. The molecule has 14 heavy (non-hydrogen) atoms. The molecule has 0 fully saturated rings. The summed E-state index contributed by atoms with van der Waals surface area (Å²) < 4.78 is 39.0. The molecule has 0 spiro atoms. The summed E-state index contributed by atoms with van der Waals surface area (Å²) in [6.45, 7) is 3.14. The van der Waals surface area contributed by atoms with E-state index >= 15 is 0 Å². The zero-order valence-corrected chi connectivity index (χ0v) is 9.32. The van der Waals surface area contributed by atoms with Crippen LogP contribution in [-0.2, 0) is 0 Å². The quantitative estimate of drug-likeness (QED) is 0.422. The zero-order valence-electron chi connectivity index (χ0n) is 9.32. The highest BCUT2D eigenvalue weighted by molar-refractivity contribution is 6.50. The lowest BCUT2D eigenvalue weighted by molar-refractivity contribution is -0.362. The van der Waals surface area contributed by atoms with E-state index in [1.807, 2.05) is 0 Å². The van der Waals surface area contributed by atoms with Crippen molar-refractivity contribution in [2.75, 3.05) is 13.2 Å². The highest BCUT2D eigenvalue weighted by Gasteiger charge is 2.20. The van der Waals surface area contributed by atoms with E-state index in [1.54, 1.807) is 13.8 Å². The van der Waals surface area contributed by atoms with Gasteiger partial charge in [-0.15, -0.1) is 13.2 Å². The van der Waals surface area contributed by atoms with Gasteiger partial charge >= 0.3 is 7.25 Å². The third kappa shape index (κ3) is 7530. The maximum absolute atomic E-state index is 9.75. The Morgan fingerprint density at radius 1 is 0.786 bits per heavy atom. The van der Waals surface area contributed by atoms with Crippen LogP contribution < -0.4 is 28.7 Å². The first-order valence-corrected chi connectivity index (χ1v) is 2.86. The molecular weight excluding hydrogens is 209 g/mol. The van der Waals surface area contributed by atoms with Crippen LogP contribution >= 0.6 is 0 Å². The molecule has 0 bridgehead atoms. The van der Waals surface area contributed by atoms with Crippen molar-refractivity contribution < 1.29 is 27.5 Å². The summed E-state index contributed by atoms with van der Waals surface area (Å²) in [6, 6.07) is 0. The highest BCUT2D eigenvalue weighted by atomic mass is 19.5. The number of quaternary nitrogens is 3. The number of hydrogen-bond acceptors (Lipinski definition) is 2. The Labute approximate surface area is 81.4 Å². The van der Waals surface area contributed by atoms with Gasteiger partial charge < -0.3 is 45.9 Å². The molecule has 0 aromatic heterocycles. The fourth-order valence-corrected chi connectivity index (χ4v) is 0. The van der Waals surface area contributed by atoms with Gasteiger partial charge in [0, 0.05) is 0 Å². The van der Waals surface area contributed by atoms with E-state index in [-0.39, 0.29) is 31.7 Å². The van der Waals surface area contributed by atoms with Crippen LogP contribution in [0, 0.1) is 0 Å². The Hall–Kier alpha value is -0.415. The summed E-state index contributed by atoms with van der Waals surface area (Å²) in [4.78, 5) is 0. The van der Waals surface area contributed by atoms with Gasteiger partial charge in [0.15, 0.2) is 0 Å². The van der Waals surface area contributed by atoms with Crippen molar-refractivity contribution in [3.63, 3.8) is 0 Å². The molecule has 0 aliphatic carbocycles. The van der Waals surface area contributed by atoms with Gasteiger partial charge in [-0.2, -0.15) is 0 Å². The highest BCUT2D eigenvalue weighted by Crippen LogP contribution is 2.06. The molecular formula is C4H22BF4N3O2. The van der Waals surface area contributed by atoms with E-state index in [2.05, 4.69) is 0 Å². The number of rotatable bonds is 0. The third-order valence-electron chi connectivity index (χ3n) is 0. The SMILES string of the molecule is CC[O-].CC[O-].F[B-](F)(F)F.[NH4+].[NH4+].[NH4+]. The van der Waals surface area contributed by atoms with Crippen molar-refractivity contribution in [1.82, 2.24) is 18.5 Å². The smallest absolute Gasteiger partial charge is 0.673 e. The first-order valence-electron chi connectivity index (χ1n) is 2.86. The van der Waals surface area contributed by atoms with Crippen molar-refractivity contribution >= 4 is 7.25 Å². The first kappa shape index (κ1) is 37.4. The van der Waals surface area contributed by atoms with Crippen LogP contribution in [0.2, 0.25) is 0 Å². The van der Waals surface area contributed by atoms with Gasteiger partial charge in [-0.3, -0.25) is 0 Å². The minimum absolute atomic E-state index is 0. The van der Waals surface area contributed by atoms with E-state index in [1.165, 1.54) is 0 Å². The van der Waals surface area contributed by atoms with Crippen molar-refractivity contribution in [2.45, 2.75) is 13.8 Å². The predicted octanol–water partition coefficient (Wildman–Crippen LogP) is 1.16. The van der Waals surface area contributed by atoms with E-state index in [0.29, 0.717) is 0 Å². The second-order valence-electron chi connectivity index (χ2n) is 1.07. The molecule has 0 aliphatic heterocycles. The maximum Gasteiger partial charge on any atom is 0.673 e. The van der Waals surface area contributed by atoms with Gasteiger partial charge in [0.05, 0.1) is 0 Å². The van der Waals surface area contributed by atoms with Gasteiger partial charge in [-0.1, -0.05) is 13.8 Å². The lowest BCUT2D eigenvalue weighted by Crippen LogP contribution is -2.02. The van der Waals surface area contributed by atoms with Crippen molar-refractivity contribution in [2.24, 2.45) is 0 Å². The molecule has 0 aromatic carbocycles. The summed E-state index contributed by atoms with van der Waals surface area (Å²) in [7, 11) is -6.00. The van der Waals surface area contributed by atoms with E-state index in [0.717, 1.165) is 0 Å². The summed E-state index contributed by atoms with van der Waals surface area (Å²) in [5.41, 5.74) is 0. The maximum atomic E-state index is 9.75. The van der Waals surface area contributed by atoms with Crippen molar-refractivity contribution in [3.05, 3.63) is 0 Å². The van der Waals surface area contributed by atoms with Gasteiger partial charge in [0.25, 0.3) is 0 Å². The van der Waals surface area contributed by atoms with E-state index in [9.17, 15) is 17.3 Å². The second-order valence-corrected chi connectivity index (χ2v) is 1.07. The molecule has 0 radical (unpaired) electrons. The van der Waals surface area contributed by atoms with E-state index in [4.69, 9.17) is 10.2 Å². The topological polar surface area (TPSA) is 156 Å². The molecule has 0 amide bonds. The van der Waals surface area contributed by atoms with Crippen LogP contribution in [0.15, 0.2) is 0 Å². The summed E-state index contributed by atoms with van der Waals surface area (Å²) >= 11 is 0. The summed E-state index contributed by atoms with van der Waals surface area (Å²) in [5.74, 6) is 0. The molecule has 0 atom stereocenters. The van der Waals surface area contributed by atoms with Gasteiger partial charge in [-0.05, 0) is 0 Å². The molecule has 0 unspecified atom stereocenters. The molecule has 5 nitrogen and oxygen atoms in total. The Kier molecular flexibility index (Phi) is 78.4. The van der Waals surface area contributed by atoms with E-state index < -0.39 is 7.25 Å². The van der Waals surface area contributed by atoms with Crippen LogP contribution in [0.1, 0.15) is 13.8 Å². The molecule has 0 heterocycles. The molecule has 0 saturated heterocycles. The number of halogens is 4. The normalized spacial score (nSPS) is 6.86. The fourth-order valence-electron chi connectivity index (χ4n) is 0. The predicted molar refractivity (Wildman–Crippen MR) is 49.2 cm³/mol. The van der Waals surface area contributed by atoms with Crippen LogP contribution in [-0.4, -0.2) is 20.5 Å². The minimum Gasteiger partial charge on any atom is -0.855 e. The second kappa shape index (κ2) is 29.4. The molecule has 12 N–H and O–H groups in total. The Morgan fingerprint density at radius 2 is 0.786 bits per heavy atom. The monoisotopic (exact) mass is 231 g/mol. The van der Waals surface area contributed by atoms with Crippen LogP contribution in [0.3, 0.4) is 0 Å². The average Bonchev–Trinajstić information content (AvgIpc) is 1.62. The number of hydrogen-bond donors (Lipinski definition) is 3. The lowest BCUT2D eigenvalue weighted by atomic mass is 10.3. The van der Waals surface area contributed by atoms with Crippen molar-refractivity contribution in [3.8, 4) is 0 Å². The van der Waals surface area contributed by atoms with Gasteiger partial charge in [0.2, 0.25) is 0 Å². The Bertz CT molecular complexity index is 61.0. The zero-order chi connectivity index (χ0) is 9.91. The van der Waals surface area contributed by atoms with Crippen LogP contribution in [0.5, 0.6) is 0 Å². The summed E-state index contributed by atoms with van der Waals surface area (Å²) in [6.07, 6.45) is 0. The van der Waals surface area contributed by atoms with Crippen LogP contribution in [0.4, 0.5) is 17.3 Å². The molecule has 96 valence electrons. The third-order valence-corrected chi connectivity index (χ3v) is 0. The molecule has 0 aromatic rings. The Morgan fingerprint density at radius 3 is 0.786 bits per heavy atom. The molecule has 10 heteroatoms. The molecule has 0 rings (SSSR count). The largest absolute Gasteiger partial charge is 0.855 e. The first-order chi connectivity index (χ1) is 4.83. The standard InChI is InChI=1S/2C2H5O.BF4.3H3N/c2*1-2-3;2-1(3,4)5;;;/h2*2H2,1H3;;3*1H3/q3*-1;;;/p+3. The minimum atomic E-state index is -6.00.